The Morgan fingerprint density at radius 3 is 2.75 bits per heavy atom. The molecule has 0 amide bonds. The number of halogens is 2. The van der Waals surface area contributed by atoms with Crippen LogP contribution in [0.1, 0.15) is 17.5 Å². The summed E-state index contributed by atoms with van der Waals surface area (Å²) in [6.45, 7) is 0.283. The average Bonchev–Trinajstić information content (AvgIpc) is 3.24. The molecule has 0 saturated carbocycles. The van der Waals surface area contributed by atoms with Crippen molar-refractivity contribution in [1.29, 1.82) is 0 Å². The molecule has 5 rings (SSSR count). The molecule has 0 saturated heterocycles. The Labute approximate surface area is 172 Å². The standard InChI is InChI=1S/C19H11Cl2N3O3S/c20-11-6-5-10(7-12(11)21)8-16-18(25)24-19(28-16)22-17(23-24)15-9-26-13-3-1-2-4-14(13)27-15/h1-8,15H,9H2. The van der Waals surface area contributed by atoms with Crippen LogP contribution in [0.25, 0.3) is 11.0 Å². The van der Waals surface area contributed by atoms with E-state index < -0.39 is 6.10 Å². The van der Waals surface area contributed by atoms with Crippen molar-refractivity contribution < 1.29 is 9.47 Å². The lowest BCUT2D eigenvalue weighted by molar-refractivity contribution is 0.0852. The van der Waals surface area contributed by atoms with Gasteiger partial charge in [-0.15, -0.1) is 5.10 Å². The smallest absolute Gasteiger partial charge is 0.291 e. The van der Waals surface area contributed by atoms with Gasteiger partial charge < -0.3 is 9.47 Å². The monoisotopic (exact) mass is 431 g/mol. The Kier molecular flexibility index (Phi) is 4.23. The van der Waals surface area contributed by atoms with Gasteiger partial charge in [0.25, 0.3) is 5.56 Å². The zero-order valence-corrected chi connectivity index (χ0v) is 16.5. The molecular weight excluding hydrogens is 421 g/mol. The van der Waals surface area contributed by atoms with Crippen LogP contribution in [0.4, 0.5) is 0 Å². The number of aromatic nitrogens is 3. The summed E-state index contributed by atoms with van der Waals surface area (Å²) < 4.78 is 13.4. The van der Waals surface area contributed by atoms with Crippen LogP contribution >= 0.6 is 34.5 Å². The third kappa shape index (κ3) is 3.01. The van der Waals surface area contributed by atoms with Gasteiger partial charge in [-0.05, 0) is 35.9 Å². The molecule has 0 spiro atoms. The van der Waals surface area contributed by atoms with E-state index in [1.807, 2.05) is 24.3 Å². The van der Waals surface area contributed by atoms with E-state index in [4.69, 9.17) is 32.7 Å². The van der Waals surface area contributed by atoms with Crippen LogP contribution in [0.3, 0.4) is 0 Å². The molecule has 1 aliphatic heterocycles. The fourth-order valence-corrected chi connectivity index (χ4v) is 4.11. The quantitative estimate of drug-likeness (QED) is 0.485. The third-order valence-electron chi connectivity index (χ3n) is 4.24. The lowest BCUT2D eigenvalue weighted by Gasteiger charge is -2.24. The summed E-state index contributed by atoms with van der Waals surface area (Å²) in [5.74, 6) is 1.73. The minimum atomic E-state index is -0.469. The highest BCUT2D eigenvalue weighted by molar-refractivity contribution is 7.15. The molecular formula is C19H11Cl2N3O3S. The molecule has 6 nitrogen and oxygen atoms in total. The normalized spacial score (nSPS) is 16.6. The van der Waals surface area contributed by atoms with Gasteiger partial charge in [0.1, 0.15) is 6.61 Å². The van der Waals surface area contributed by atoms with Crippen LogP contribution < -0.4 is 19.6 Å². The zero-order valence-electron chi connectivity index (χ0n) is 14.1. The highest BCUT2D eigenvalue weighted by Crippen LogP contribution is 2.35. The van der Waals surface area contributed by atoms with Gasteiger partial charge in [-0.3, -0.25) is 4.79 Å². The van der Waals surface area contributed by atoms with Crippen LogP contribution in [-0.4, -0.2) is 21.2 Å². The molecule has 0 N–H and O–H groups in total. The number of nitrogens with zero attached hydrogens (tertiary/aromatic N) is 3. The van der Waals surface area contributed by atoms with Crippen molar-refractivity contribution in [3.8, 4) is 11.5 Å². The van der Waals surface area contributed by atoms with Crippen LogP contribution in [0.15, 0.2) is 47.3 Å². The van der Waals surface area contributed by atoms with Crippen molar-refractivity contribution >= 4 is 45.6 Å². The first-order chi connectivity index (χ1) is 13.6. The van der Waals surface area contributed by atoms with Crippen molar-refractivity contribution in [2.45, 2.75) is 6.10 Å². The van der Waals surface area contributed by atoms with Crippen LogP contribution in [0, 0.1) is 0 Å². The number of hydrogen-bond donors (Lipinski definition) is 0. The summed E-state index contributed by atoms with van der Waals surface area (Å²) in [6, 6.07) is 12.6. The molecule has 1 aliphatic rings. The molecule has 2 aromatic heterocycles. The molecule has 4 aromatic rings. The van der Waals surface area contributed by atoms with Gasteiger partial charge in [0.05, 0.1) is 14.6 Å². The van der Waals surface area contributed by atoms with Crippen LogP contribution in [-0.2, 0) is 0 Å². The SMILES string of the molecule is O=c1c(=Cc2ccc(Cl)c(Cl)c2)sc2nc(C3COc4ccccc4O3)nn12. The van der Waals surface area contributed by atoms with E-state index in [9.17, 15) is 4.79 Å². The van der Waals surface area contributed by atoms with Gasteiger partial charge in [0, 0.05) is 0 Å². The second kappa shape index (κ2) is 6.77. The Hall–Kier alpha value is -2.61. The average molecular weight is 432 g/mol. The summed E-state index contributed by atoms with van der Waals surface area (Å²) in [4.78, 5) is 17.6. The number of ether oxygens (including phenoxy) is 2. The lowest BCUT2D eigenvalue weighted by Crippen LogP contribution is -2.26. The number of benzene rings is 2. The summed E-state index contributed by atoms with van der Waals surface area (Å²) in [5.41, 5.74) is 0.527. The highest BCUT2D eigenvalue weighted by Gasteiger charge is 2.27. The van der Waals surface area contributed by atoms with Gasteiger partial charge in [-0.25, -0.2) is 0 Å². The van der Waals surface area contributed by atoms with Crippen LogP contribution in [0.2, 0.25) is 10.0 Å². The second-order valence-electron chi connectivity index (χ2n) is 6.12. The Bertz CT molecular complexity index is 1320. The molecule has 9 heteroatoms. The number of thiazole rings is 1. The van der Waals surface area contributed by atoms with Crippen molar-refractivity contribution in [1.82, 2.24) is 14.6 Å². The molecule has 2 aromatic carbocycles. The molecule has 0 aliphatic carbocycles. The van der Waals surface area contributed by atoms with Crippen molar-refractivity contribution in [2.75, 3.05) is 6.61 Å². The van der Waals surface area contributed by atoms with Crippen molar-refractivity contribution in [3.63, 3.8) is 0 Å². The maximum absolute atomic E-state index is 12.7. The predicted octanol–water partition coefficient (Wildman–Crippen LogP) is 3.52. The summed E-state index contributed by atoms with van der Waals surface area (Å²) in [5, 5.41) is 5.23. The maximum atomic E-state index is 12.7. The largest absolute Gasteiger partial charge is 0.485 e. The number of rotatable bonds is 2. The number of para-hydroxylation sites is 2. The first-order valence-corrected chi connectivity index (χ1v) is 9.90. The molecule has 1 atom stereocenters. The molecule has 0 bridgehead atoms. The molecule has 1 unspecified atom stereocenters. The topological polar surface area (TPSA) is 65.7 Å². The Morgan fingerprint density at radius 1 is 1.14 bits per heavy atom. The van der Waals surface area contributed by atoms with Gasteiger partial charge in [-0.2, -0.15) is 9.50 Å². The predicted molar refractivity (Wildman–Crippen MR) is 108 cm³/mol. The summed E-state index contributed by atoms with van der Waals surface area (Å²) in [7, 11) is 0. The van der Waals surface area contributed by atoms with E-state index in [-0.39, 0.29) is 12.2 Å². The number of hydrogen-bond acceptors (Lipinski definition) is 6. The lowest BCUT2D eigenvalue weighted by atomic mass is 10.2. The first-order valence-electron chi connectivity index (χ1n) is 8.33. The van der Waals surface area contributed by atoms with Gasteiger partial charge in [-0.1, -0.05) is 52.7 Å². The van der Waals surface area contributed by atoms with E-state index in [1.165, 1.54) is 15.9 Å². The van der Waals surface area contributed by atoms with Crippen molar-refractivity contribution in [3.05, 3.63) is 78.8 Å². The number of fused-ring (bicyclic) bond motifs is 2. The third-order valence-corrected chi connectivity index (χ3v) is 5.93. The molecule has 28 heavy (non-hydrogen) atoms. The first kappa shape index (κ1) is 17.5. The molecule has 0 radical (unpaired) electrons. The minimum absolute atomic E-state index is 0.248. The molecule has 0 fully saturated rings. The van der Waals surface area contributed by atoms with Gasteiger partial charge >= 0.3 is 0 Å². The Balaban J connectivity index is 1.50. The van der Waals surface area contributed by atoms with E-state index in [0.29, 0.717) is 36.9 Å². The van der Waals surface area contributed by atoms with E-state index >= 15 is 0 Å². The molecule has 3 heterocycles. The van der Waals surface area contributed by atoms with E-state index in [0.717, 1.165) is 5.56 Å². The minimum Gasteiger partial charge on any atom is -0.485 e. The van der Waals surface area contributed by atoms with E-state index in [2.05, 4.69) is 10.1 Å². The second-order valence-corrected chi connectivity index (χ2v) is 7.94. The zero-order chi connectivity index (χ0) is 19.3. The Morgan fingerprint density at radius 2 is 1.96 bits per heavy atom. The fraction of sp³-hybridized carbons (Fsp3) is 0.105. The maximum Gasteiger partial charge on any atom is 0.291 e. The van der Waals surface area contributed by atoms with E-state index in [1.54, 1.807) is 24.3 Å². The van der Waals surface area contributed by atoms with Crippen LogP contribution in [0.5, 0.6) is 11.5 Å². The highest BCUT2D eigenvalue weighted by atomic mass is 35.5. The van der Waals surface area contributed by atoms with Gasteiger partial charge in [0.2, 0.25) is 4.96 Å². The fourth-order valence-electron chi connectivity index (χ4n) is 2.89. The summed E-state index contributed by atoms with van der Waals surface area (Å²) in [6.07, 6.45) is 1.27. The molecule has 140 valence electrons. The van der Waals surface area contributed by atoms with Gasteiger partial charge in [0.15, 0.2) is 23.4 Å². The summed E-state index contributed by atoms with van der Waals surface area (Å²) >= 11 is 13.2. The van der Waals surface area contributed by atoms with Crippen molar-refractivity contribution in [2.24, 2.45) is 0 Å².